The average Bonchev–Trinajstić information content (AvgIpc) is 3.49. The number of aromatic nitrogens is 3. The normalized spacial score (nSPS) is 15.2. The van der Waals surface area contributed by atoms with Gasteiger partial charge in [0.05, 0.1) is 30.0 Å². The summed E-state index contributed by atoms with van der Waals surface area (Å²) in [7, 11) is 1.58. The second-order valence-corrected chi connectivity index (χ2v) is 10.1. The predicted octanol–water partition coefficient (Wildman–Crippen LogP) is 5.01. The van der Waals surface area contributed by atoms with Crippen LogP contribution < -0.4 is 5.32 Å². The van der Waals surface area contributed by atoms with Gasteiger partial charge in [-0.05, 0) is 42.3 Å². The molecule has 5 rings (SSSR count). The van der Waals surface area contributed by atoms with Gasteiger partial charge in [-0.3, -0.25) is 4.79 Å². The first kappa shape index (κ1) is 25.3. The Morgan fingerprint density at radius 2 is 2.14 bits per heavy atom. The topological polar surface area (TPSA) is 92.5 Å². The molecule has 1 aliphatic rings. The average molecular weight is 542 g/mol. The molecule has 0 saturated carbocycles. The monoisotopic (exact) mass is 541 g/mol. The summed E-state index contributed by atoms with van der Waals surface area (Å²) in [6.07, 6.45) is 3.46. The van der Waals surface area contributed by atoms with E-state index < -0.39 is 5.82 Å². The Labute approximate surface area is 222 Å². The van der Waals surface area contributed by atoms with Crippen LogP contribution in [0.25, 0.3) is 11.1 Å². The lowest BCUT2D eigenvalue weighted by Crippen LogP contribution is -2.49. The van der Waals surface area contributed by atoms with Crippen LogP contribution in [-0.2, 0) is 24.4 Å². The molecule has 0 radical (unpaired) electrons. The highest BCUT2D eigenvalue weighted by atomic mass is 35.5. The number of carbonyl (C=O) groups is 1. The Morgan fingerprint density at radius 1 is 1.30 bits per heavy atom. The van der Waals surface area contributed by atoms with Crippen molar-refractivity contribution < 1.29 is 19.0 Å². The molecule has 4 heterocycles. The number of aryl methyl sites for hydroxylation is 1. The van der Waals surface area contributed by atoms with E-state index in [1.807, 2.05) is 29.1 Å². The Balaban J connectivity index is 1.47. The lowest BCUT2D eigenvalue weighted by atomic mass is 10.0. The van der Waals surface area contributed by atoms with E-state index in [4.69, 9.17) is 16.3 Å². The minimum absolute atomic E-state index is 0.151. The Morgan fingerprint density at radius 3 is 2.86 bits per heavy atom. The molecule has 0 unspecified atom stereocenters. The Hall–Kier alpha value is -3.31. The minimum Gasteiger partial charge on any atom is -0.392 e. The van der Waals surface area contributed by atoms with E-state index in [2.05, 4.69) is 15.3 Å². The van der Waals surface area contributed by atoms with E-state index in [1.54, 1.807) is 24.3 Å². The zero-order valence-electron chi connectivity index (χ0n) is 20.2. The number of rotatable bonds is 8. The van der Waals surface area contributed by atoms with Crippen LogP contribution in [0.2, 0.25) is 5.02 Å². The number of pyridine rings is 1. The lowest BCUT2D eigenvalue weighted by molar-refractivity contribution is 0.0386. The Kier molecular flexibility index (Phi) is 7.25. The second-order valence-electron chi connectivity index (χ2n) is 8.85. The molecule has 1 aliphatic heterocycles. The highest BCUT2D eigenvalue weighted by Crippen LogP contribution is 2.34. The first-order valence-electron chi connectivity index (χ1n) is 11.6. The molecule has 0 fully saturated rings. The van der Waals surface area contributed by atoms with E-state index >= 15 is 0 Å². The highest BCUT2D eigenvalue weighted by Gasteiger charge is 2.34. The SMILES string of the molecule is COC[C@H]1Cn2cc(-c3cc(Nc4nc(C)cs4)ncc3Cl)cc2C(=O)N1Cc1cc(F)ccc1CO. The molecule has 1 amide bonds. The van der Waals surface area contributed by atoms with Gasteiger partial charge in [0.2, 0.25) is 0 Å². The van der Waals surface area contributed by atoms with E-state index in [1.165, 1.54) is 29.5 Å². The van der Waals surface area contributed by atoms with Crippen molar-refractivity contribution in [2.45, 2.75) is 32.7 Å². The van der Waals surface area contributed by atoms with Gasteiger partial charge in [0, 0.05) is 49.1 Å². The van der Waals surface area contributed by atoms with Crippen molar-refractivity contribution in [3.63, 3.8) is 0 Å². The van der Waals surface area contributed by atoms with Crippen molar-refractivity contribution in [3.8, 4) is 11.1 Å². The van der Waals surface area contributed by atoms with Gasteiger partial charge in [-0.25, -0.2) is 14.4 Å². The molecule has 4 aromatic rings. The van der Waals surface area contributed by atoms with E-state index in [-0.39, 0.29) is 25.1 Å². The molecule has 192 valence electrons. The molecule has 8 nitrogen and oxygen atoms in total. The largest absolute Gasteiger partial charge is 0.392 e. The zero-order chi connectivity index (χ0) is 26.1. The fraction of sp³-hybridized carbons (Fsp3) is 0.269. The summed E-state index contributed by atoms with van der Waals surface area (Å²) in [6, 6.07) is 7.55. The van der Waals surface area contributed by atoms with Gasteiger partial charge >= 0.3 is 0 Å². The van der Waals surface area contributed by atoms with Crippen LogP contribution in [0, 0.1) is 12.7 Å². The summed E-state index contributed by atoms with van der Waals surface area (Å²) < 4.78 is 21.3. The molecule has 1 aromatic carbocycles. The van der Waals surface area contributed by atoms with Crippen molar-refractivity contribution in [2.75, 3.05) is 19.0 Å². The number of nitrogens with zero attached hydrogens (tertiary/aromatic N) is 4. The van der Waals surface area contributed by atoms with Gasteiger partial charge in [-0.1, -0.05) is 17.7 Å². The van der Waals surface area contributed by atoms with Crippen molar-refractivity contribution in [1.82, 2.24) is 19.4 Å². The number of aliphatic hydroxyl groups is 1. The number of halogens is 2. The molecule has 2 N–H and O–H groups in total. The maximum atomic E-state index is 14.0. The fourth-order valence-electron chi connectivity index (χ4n) is 4.49. The van der Waals surface area contributed by atoms with Crippen molar-refractivity contribution in [1.29, 1.82) is 0 Å². The molecule has 3 aromatic heterocycles. The molecule has 0 spiro atoms. The number of hydrogen-bond acceptors (Lipinski definition) is 7. The van der Waals surface area contributed by atoms with Crippen LogP contribution in [0.4, 0.5) is 15.3 Å². The number of thiazole rings is 1. The summed E-state index contributed by atoms with van der Waals surface area (Å²) in [4.78, 5) is 24.1. The number of carbonyl (C=O) groups excluding carboxylic acids is 1. The quantitative estimate of drug-likeness (QED) is 0.325. The summed E-state index contributed by atoms with van der Waals surface area (Å²) in [6.45, 7) is 2.62. The third-order valence-electron chi connectivity index (χ3n) is 6.28. The number of methoxy groups -OCH3 is 1. The third-order valence-corrected chi connectivity index (χ3v) is 7.46. The minimum atomic E-state index is -0.421. The van der Waals surface area contributed by atoms with Crippen LogP contribution in [0.1, 0.15) is 27.3 Å². The number of benzene rings is 1. The molecule has 0 aliphatic carbocycles. The predicted molar refractivity (Wildman–Crippen MR) is 141 cm³/mol. The molecule has 0 bridgehead atoms. The van der Waals surface area contributed by atoms with Crippen LogP contribution in [0.15, 0.2) is 48.1 Å². The maximum absolute atomic E-state index is 14.0. The lowest BCUT2D eigenvalue weighted by Gasteiger charge is -2.36. The Bertz CT molecular complexity index is 1460. The summed E-state index contributed by atoms with van der Waals surface area (Å²) >= 11 is 7.99. The van der Waals surface area contributed by atoms with Gasteiger partial charge in [0.15, 0.2) is 5.13 Å². The third kappa shape index (κ3) is 5.24. The molecule has 1 atom stereocenters. The van der Waals surface area contributed by atoms with Crippen molar-refractivity contribution in [2.24, 2.45) is 0 Å². The standard InChI is InChI=1S/C26H25ClFN5O3S/c1-15-14-37-26(30-15)31-24-7-21(22(27)8-29-24)18-6-23-25(35)33(20(13-36-2)11-32(23)9-18)10-17-5-19(28)4-3-16(17)12-34/h3-9,14,20,34H,10-13H2,1-2H3,(H,29,30,31)/t20-/m1/s1. The molecular weight excluding hydrogens is 517 g/mol. The zero-order valence-corrected chi connectivity index (χ0v) is 21.8. The number of nitrogens with one attached hydrogen (secondary N) is 1. The van der Waals surface area contributed by atoms with Crippen LogP contribution in [0.3, 0.4) is 0 Å². The van der Waals surface area contributed by atoms with Crippen LogP contribution in [-0.4, -0.2) is 50.2 Å². The molecule has 11 heteroatoms. The maximum Gasteiger partial charge on any atom is 0.271 e. The first-order chi connectivity index (χ1) is 17.9. The first-order valence-corrected chi connectivity index (χ1v) is 12.9. The summed E-state index contributed by atoms with van der Waals surface area (Å²) in [5, 5.41) is 16.0. The van der Waals surface area contributed by atoms with Gasteiger partial charge in [-0.2, -0.15) is 0 Å². The number of aliphatic hydroxyl groups excluding tert-OH is 1. The fourth-order valence-corrected chi connectivity index (χ4v) is 5.40. The van der Waals surface area contributed by atoms with Gasteiger partial charge < -0.3 is 24.6 Å². The number of hydrogen-bond donors (Lipinski definition) is 2. The molecule has 0 saturated heterocycles. The summed E-state index contributed by atoms with van der Waals surface area (Å²) in [5.74, 6) is -0.0458. The van der Waals surface area contributed by atoms with Crippen molar-refractivity contribution in [3.05, 3.63) is 81.5 Å². The second kappa shape index (κ2) is 10.6. The van der Waals surface area contributed by atoms with E-state index in [0.29, 0.717) is 40.8 Å². The van der Waals surface area contributed by atoms with E-state index in [9.17, 15) is 14.3 Å². The van der Waals surface area contributed by atoms with Crippen molar-refractivity contribution >= 4 is 39.8 Å². The van der Waals surface area contributed by atoms with Gasteiger partial charge in [0.1, 0.15) is 17.3 Å². The van der Waals surface area contributed by atoms with E-state index in [0.717, 1.165) is 22.0 Å². The van der Waals surface area contributed by atoms with Gasteiger partial charge in [0.25, 0.3) is 5.91 Å². The van der Waals surface area contributed by atoms with Gasteiger partial charge in [-0.15, -0.1) is 11.3 Å². The summed E-state index contributed by atoms with van der Waals surface area (Å²) in [5.41, 5.74) is 4.04. The number of amides is 1. The number of anilines is 2. The molecular formula is C26H25ClFN5O3S. The van der Waals surface area contributed by atoms with Crippen LogP contribution in [0.5, 0.6) is 0 Å². The smallest absolute Gasteiger partial charge is 0.271 e. The van der Waals surface area contributed by atoms with Crippen LogP contribution >= 0.6 is 22.9 Å². The highest BCUT2D eigenvalue weighted by molar-refractivity contribution is 7.13. The number of ether oxygens (including phenoxy) is 1. The molecule has 37 heavy (non-hydrogen) atoms. The number of fused-ring (bicyclic) bond motifs is 1.